The standard InChI is InChI=1S/C25H30F3N3O4/c1-25(28,16-5-3-6-17(27)11-16)24(35)31-13-15-4-2-7-18(15)21(31)23(34)30-19(20(32)12-26)10-14-8-9-29-22(14)33/h3,5-6,11,14-15,18-19,21H,2,4,7-10,12-13H2,1H3,(H,29,33)(H,30,34)/t14-,15+,18+,19+,21+,25-/m0/s1. The van der Waals surface area contributed by atoms with E-state index in [1.54, 1.807) is 0 Å². The lowest BCUT2D eigenvalue weighted by Crippen LogP contribution is -2.55. The predicted octanol–water partition coefficient (Wildman–Crippen LogP) is 2.19. The highest BCUT2D eigenvalue weighted by atomic mass is 19.1. The molecule has 1 aromatic carbocycles. The van der Waals surface area contributed by atoms with Gasteiger partial charge in [0, 0.05) is 24.6 Å². The van der Waals surface area contributed by atoms with Crippen molar-refractivity contribution < 1.29 is 32.3 Å². The average Bonchev–Trinajstić information content (AvgIpc) is 3.53. The van der Waals surface area contributed by atoms with Crippen molar-refractivity contribution in [1.29, 1.82) is 0 Å². The van der Waals surface area contributed by atoms with Crippen molar-refractivity contribution in [2.45, 2.75) is 56.8 Å². The third kappa shape index (κ3) is 4.92. The minimum absolute atomic E-state index is 0.00561. The zero-order valence-electron chi connectivity index (χ0n) is 19.6. The molecule has 2 N–H and O–H groups in total. The van der Waals surface area contributed by atoms with Crippen molar-refractivity contribution in [3.63, 3.8) is 0 Å². The van der Waals surface area contributed by atoms with E-state index >= 15 is 4.39 Å². The zero-order valence-corrected chi connectivity index (χ0v) is 19.6. The van der Waals surface area contributed by atoms with Crippen LogP contribution < -0.4 is 10.6 Å². The highest BCUT2D eigenvalue weighted by Crippen LogP contribution is 2.44. The highest BCUT2D eigenvalue weighted by Gasteiger charge is 2.53. The maximum Gasteiger partial charge on any atom is 0.265 e. The van der Waals surface area contributed by atoms with E-state index in [9.17, 15) is 28.0 Å². The zero-order chi connectivity index (χ0) is 25.3. The summed E-state index contributed by atoms with van der Waals surface area (Å²) < 4.78 is 42.8. The van der Waals surface area contributed by atoms with E-state index < -0.39 is 53.8 Å². The Morgan fingerprint density at radius 2 is 2.03 bits per heavy atom. The number of halogens is 3. The normalized spacial score (nSPS) is 28.2. The maximum atomic E-state index is 15.8. The number of rotatable bonds is 8. The van der Waals surface area contributed by atoms with Gasteiger partial charge in [0.05, 0.1) is 6.04 Å². The van der Waals surface area contributed by atoms with Gasteiger partial charge >= 0.3 is 0 Å². The van der Waals surface area contributed by atoms with E-state index in [1.165, 1.54) is 17.0 Å². The Bertz CT molecular complexity index is 1020. The number of alkyl halides is 2. The molecular weight excluding hydrogens is 463 g/mol. The number of nitrogens with one attached hydrogen (secondary N) is 2. The molecule has 10 heteroatoms. The molecule has 0 spiro atoms. The van der Waals surface area contributed by atoms with E-state index in [1.807, 2.05) is 0 Å². The van der Waals surface area contributed by atoms with Crippen molar-refractivity contribution in [2.75, 3.05) is 19.8 Å². The molecule has 2 heterocycles. The van der Waals surface area contributed by atoms with Crippen LogP contribution in [-0.2, 0) is 24.8 Å². The largest absolute Gasteiger partial charge is 0.356 e. The van der Waals surface area contributed by atoms with Crippen LogP contribution in [0.5, 0.6) is 0 Å². The van der Waals surface area contributed by atoms with Gasteiger partial charge in [-0.15, -0.1) is 0 Å². The summed E-state index contributed by atoms with van der Waals surface area (Å²) >= 11 is 0. The van der Waals surface area contributed by atoms with Crippen LogP contribution in [0.2, 0.25) is 0 Å². The van der Waals surface area contributed by atoms with E-state index in [4.69, 9.17) is 0 Å². The molecule has 0 aromatic heterocycles. The Morgan fingerprint density at radius 3 is 2.69 bits per heavy atom. The van der Waals surface area contributed by atoms with Crippen molar-refractivity contribution in [3.05, 3.63) is 35.6 Å². The second-order valence-corrected chi connectivity index (χ2v) is 9.94. The number of ketones is 1. The molecule has 0 unspecified atom stereocenters. The minimum Gasteiger partial charge on any atom is -0.356 e. The van der Waals surface area contributed by atoms with Gasteiger partial charge in [-0.25, -0.2) is 13.2 Å². The topological polar surface area (TPSA) is 95.6 Å². The van der Waals surface area contributed by atoms with Crippen LogP contribution in [0.15, 0.2) is 24.3 Å². The van der Waals surface area contributed by atoms with E-state index in [-0.39, 0.29) is 36.3 Å². The van der Waals surface area contributed by atoms with Crippen LogP contribution in [0.3, 0.4) is 0 Å². The number of hydrogen-bond donors (Lipinski definition) is 2. The fourth-order valence-electron chi connectivity index (χ4n) is 5.80. The number of fused-ring (bicyclic) bond motifs is 1. The lowest BCUT2D eigenvalue weighted by molar-refractivity contribution is -0.149. The Hall–Kier alpha value is -2.91. The number of amides is 3. The molecule has 35 heavy (non-hydrogen) atoms. The molecule has 4 rings (SSSR count). The predicted molar refractivity (Wildman–Crippen MR) is 120 cm³/mol. The molecule has 1 aliphatic carbocycles. The lowest BCUT2D eigenvalue weighted by Gasteiger charge is -2.33. The lowest BCUT2D eigenvalue weighted by atomic mass is 9.91. The number of carbonyl (C=O) groups excluding carboxylic acids is 4. The van der Waals surface area contributed by atoms with Crippen molar-refractivity contribution in [2.24, 2.45) is 17.8 Å². The van der Waals surface area contributed by atoms with Crippen molar-refractivity contribution in [3.8, 4) is 0 Å². The molecule has 7 nitrogen and oxygen atoms in total. The number of benzene rings is 1. The van der Waals surface area contributed by atoms with Gasteiger partial charge in [0.15, 0.2) is 5.78 Å². The van der Waals surface area contributed by atoms with Gasteiger partial charge in [-0.05, 0) is 56.6 Å². The number of carbonyl (C=O) groups is 4. The van der Waals surface area contributed by atoms with Gasteiger partial charge in [-0.2, -0.15) is 0 Å². The molecule has 3 aliphatic rings. The molecule has 6 atom stereocenters. The molecule has 1 saturated carbocycles. The smallest absolute Gasteiger partial charge is 0.265 e. The fraction of sp³-hybridized carbons (Fsp3) is 0.600. The van der Waals surface area contributed by atoms with Crippen LogP contribution in [0, 0.1) is 23.6 Å². The summed E-state index contributed by atoms with van der Waals surface area (Å²) in [6, 6.07) is 2.46. The molecule has 1 aromatic rings. The molecular formula is C25H30F3N3O4. The van der Waals surface area contributed by atoms with Gasteiger partial charge in [0.25, 0.3) is 5.91 Å². The van der Waals surface area contributed by atoms with E-state index in [0.717, 1.165) is 31.9 Å². The summed E-state index contributed by atoms with van der Waals surface area (Å²) in [5, 5.41) is 5.22. The Morgan fingerprint density at radius 1 is 1.26 bits per heavy atom. The van der Waals surface area contributed by atoms with Gasteiger partial charge in [-0.1, -0.05) is 18.6 Å². The van der Waals surface area contributed by atoms with Crippen LogP contribution >= 0.6 is 0 Å². The monoisotopic (exact) mass is 493 g/mol. The second kappa shape index (κ2) is 9.99. The number of likely N-dealkylation sites (tertiary alicyclic amines) is 1. The van der Waals surface area contributed by atoms with Gasteiger partial charge in [0.2, 0.25) is 17.5 Å². The molecule has 3 amide bonds. The summed E-state index contributed by atoms with van der Waals surface area (Å²) in [5.74, 6) is -4.17. The van der Waals surface area contributed by atoms with Crippen molar-refractivity contribution in [1.82, 2.24) is 15.5 Å². The first-order valence-corrected chi connectivity index (χ1v) is 12.1. The summed E-state index contributed by atoms with van der Waals surface area (Å²) in [7, 11) is 0. The third-order valence-corrected chi connectivity index (χ3v) is 7.71. The fourth-order valence-corrected chi connectivity index (χ4v) is 5.80. The Labute approximate surface area is 201 Å². The summed E-state index contributed by atoms with van der Waals surface area (Å²) in [4.78, 5) is 52.3. The number of nitrogens with zero attached hydrogens (tertiary/aromatic N) is 1. The highest BCUT2D eigenvalue weighted by molar-refractivity contribution is 5.96. The van der Waals surface area contributed by atoms with Crippen molar-refractivity contribution >= 4 is 23.5 Å². The van der Waals surface area contributed by atoms with E-state index in [0.29, 0.717) is 19.4 Å². The Kier molecular flexibility index (Phi) is 7.19. The molecule has 2 saturated heterocycles. The Balaban J connectivity index is 1.57. The third-order valence-electron chi connectivity index (χ3n) is 7.71. The number of hydrogen-bond acceptors (Lipinski definition) is 4. The quantitative estimate of drug-likeness (QED) is 0.581. The summed E-state index contributed by atoms with van der Waals surface area (Å²) in [6.07, 6.45) is 2.71. The summed E-state index contributed by atoms with van der Waals surface area (Å²) in [5.41, 5.74) is -2.73. The molecule has 2 aliphatic heterocycles. The SMILES string of the molecule is C[C@@](F)(C(=O)N1C[C@H]2CCC[C@H]2[C@@H]1C(=O)N[C@H](C[C@@H]1CCNC1=O)C(=O)CF)c1cccc(F)c1. The first-order valence-electron chi connectivity index (χ1n) is 12.1. The van der Waals surface area contributed by atoms with Crippen LogP contribution in [0.25, 0.3) is 0 Å². The van der Waals surface area contributed by atoms with Crippen LogP contribution in [0.1, 0.15) is 44.6 Å². The molecule has 0 bridgehead atoms. The number of Topliss-reactive ketones (excluding diaryl/α,β-unsaturated/α-hetero) is 1. The van der Waals surface area contributed by atoms with Crippen LogP contribution in [-0.4, -0.2) is 60.3 Å². The first kappa shape index (κ1) is 25.2. The van der Waals surface area contributed by atoms with Gasteiger partial charge in [0.1, 0.15) is 18.5 Å². The summed E-state index contributed by atoms with van der Waals surface area (Å²) in [6.45, 7) is 0.350. The molecule has 190 valence electrons. The van der Waals surface area contributed by atoms with Gasteiger partial charge in [-0.3, -0.25) is 19.2 Å². The van der Waals surface area contributed by atoms with E-state index in [2.05, 4.69) is 10.6 Å². The van der Waals surface area contributed by atoms with Gasteiger partial charge < -0.3 is 15.5 Å². The molecule has 0 radical (unpaired) electrons. The molecule has 3 fully saturated rings. The first-order chi connectivity index (χ1) is 16.6. The van der Waals surface area contributed by atoms with Crippen LogP contribution in [0.4, 0.5) is 13.2 Å². The average molecular weight is 494 g/mol. The second-order valence-electron chi connectivity index (χ2n) is 9.94. The maximum absolute atomic E-state index is 15.8. The minimum atomic E-state index is -2.57.